The molecule has 1 saturated carbocycles. The fourth-order valence-corrected chi connectivity index (χ4v) is 4.89. The number of hydrogen-bond acceptors (Lipinski definition) is 0. The van der Waals surface area contributed by atoms with Crippen molar-refractivity contribution in [1.82, 2.24) is 0 Å². The molecule has 2 atom stereocenters. The monoisotopic (exact) mass is 296 g/mol. The minimum Gasteiger partial charge on any atom is -0.0766 e. The summed E-state index contributed by atoms with van der Waals surface area (Å²) in [5.74, 6) is 0.754. The van der Waals surface area contributed by atoms with E-state index in [0.29, 0.717) is 0 Å². The van der Waals surface area contributed by atoms with Gasteiger partial charge in [0, 0.05) is 5.41 Å². The van der Waals surface area contributed by atoms with Crippen LogP contribution in [-0.4, -0.2) is 0 Å². The average Bonchev–Trinajstić information content (AvgIpc) is 3.21. The van der Waals surface area contributed by atoms with Crippen LogP contribution in [0.25, 0.3) is 16.3 Å². The minimum absolute atomic E-state index is 0.215. The Morgan fingerprint density at radius 1 is 0.783 bits per heavy atom. The Balaban J connectivity index is 1.76. The first-order chi connectivity index (χ1) is 11.4. The predicted octanol–water partition coefficient (Wildman–Crippen LogP) is 5.97. The Morgan fingerprint density at radius 2 is 1.57 bits per heavy atom. The van der Waals surface area contributed by atoms with Gasteiger partial charge >= 0.3 is 0 Å². The van der Waals surface area contributed by atoms with Crippen LogP contribution in [0.1, 0.15) is 30.4 Å². The Hall–Kier alpha value is -2.34. The molecule has 0 heterocycles. The van der Waals surface area contributed by atoms with Gasteiger partial charge in [-0.05, 0) is 52.7 Å². The largest absolute Gasteiger partial charge is 0.0766 e. The van der Waals surface area contributed by atoms with Crippen molar-refractivity contribution in [1.29, 1.82) is 0 Å². The van der Waals surface area contributed by atoms with Crippen LogP contribution < -0.4 is 0 Å². The zero-order valence-electron chi connectivity index (χ0n) is 13.2. The van der Waals surface area contributed by atoms with Crippen molar-refractivity contribution in [2.24, 2.45) is 5.92 Å². The molecule has 0 aromatic heterocycles. The van der Waals surface area contributed by atoms with E-state index in [2.05, 4.69) is 78.9 Å². The summed E-state index contributed by atoms with van der Waals surface area (Å²) in [4.78, 5) is 0. The van der Waals surface area contributed by atoms with Crippen LogP contribution in [0.15, 0.2) is 78.9 Å². The van der Waals surface area contributed by atoms with Crippen molar-refractivity contribution in [3.63, 3.8) is 0 Å². The highest BCUT2D eigenvalue weighted by Crippen LogP contribution is 2.59. The molecule has 0 radical (unpaired) electrons. The van der Waals surface area contributed by atoms with Crippen molar-refractivity contribution in [2.75, 3.05) is 0 Å². The van der Waals surface area contributed by atoms with Gasteiger partial charge in [0.15, 0.2) is 0 Å². The van der Waals surface area contributed by atoms with Crippen molar-refractivity contribution >= 4 is 16.3 Å². The quantitative estimate of drug-likeness (QED) is 0.546. The highest BCUT2D eigenvalue weighted by Gasteiger charge is 2.48. The van der Waals surface area contributed by atoms with Gasteiger partial charge in [-0.25, -0.2) is 0 Å². The average molecular weight is 296 g/mol. The summed E-state index contributed by atoms with van der Waals surface area (Å²) in [6.07, 6.45) is 6.46. The second-order valence-corrected chi connectivity index (χ2v) is 7.06. The van der Waals surface area contributed by atoms with E-state index >= 15 is 0 Å². The lowest BCUT2D eigenvalue weighted by molar-refractivity contribution is 0.589. The smallest absolute Gasteiger partial charge is 0.0217 e. The molecule has 2 bridgehead atoms. The first kappa shape index (κ1) is 13.1. The van der Waals surface area contributed by atoms with Gasteiger partial charge in [0.05, 0.1) is 0 Å². The second-order valence-electron chi connectivity index (χ2n) is 7.06. The number of fused-ring (bicyclic) bond motifs is 3. The van der Waals surface area contributed by atoms with E-state index in [1.165, 1.54) is 41.2 Å². The minimum atomic E-state index is 0.215. The molecule has 1 fully saturated rings. The van der Waals surface area contributed by atoms with Gasteiger partial charge in [-0.15, -0.1) is 0 Å². The molecular formula is C23H20. The number of allylic oxidation sites excluding steroid dienone is 2. The SMILES string of the molecule is C1=C(c2ccccc2)C2(c3cccc4ccccc34)CCC1C2. The van der Waals surface area contributed by atoms with Gasteiger partial charge in [-0.3, -0.25) is 0 Å². The second kappa shape index (κ2) is 4.83. The highest BCUT2D eigenvalue weighted by molar-refractivity contribution is 5.91. The molecule has 3 aromatic rings. The molecule has 0 aliphatic heterocycles. The van der Waals surface area contributed by atoms with Gasteiger partial charge < -0.3 is 0 Å². The van der Waals surface area contributed by atoms with Crippen molar-refractivity contribution in [3.8, 4) is 0 Å². The van der Waals surface area contributed by atoms with Crippen LogP contribution in [-0.2, 0) is 5.41 Å². The van der Waals surface area contributed by atoms with E-state index in [0.717, 1.165) is 5.92 Å². The van der Waals surface area contributed by atoms with E-state index in [-0.39, 0.29) is 5.41 Å². The van der Waals surface area contributed by atoms with Gasteiger partial charge in [0.1, 0.15) is 0 Å². The summed E-state index contributed by atoms with van der Waals surface area (Å²) in [6, 6.07) is 26.7. The molecule has 112 valence electrons. The van der Waals surface area contributed by atoms with E-state index < -0.39 is 0 Å². The lowest BCUT2D eigenvalue weighted by atomic mass is 9.70. The van der Waals surface area contributed by atoms with E-state index in [4.69, 9.17) is 0 Å². The first-order valence-corrected chi connectivity index (χ1v) is 8.63. The summed E-state index contributed by atoms with van der Waals surface area (Å²) in [6.45, 7) is 0. The van der Waals surface area contributed by atoms with Crippen LogP contribution in [0.2, 0.25) is 0 Å². The molecular weight excluding hydrogens is 276 g/mol. The fraction of sp³-hybridized carbons (Fsp3) is 0.217. The maximum atomic E-state index is 2.56. The Labute approximate surface area is 137 Å². The molecule has 0 spiro atoms. The number of rotatable bonds is 2. The Kier molecular flexibility index (Phi) is 2.76. The Morgan fingerprint density at radius 3 is 2.43 bits per heavy atom. The van der Waals surface area contributed by atoms with Crippen LogP contribution in [0.4, 0.5) is 0 Å². The third kappa shape index (κ3) is 1.84. The van der Waals surface area contributed by atoms with E-state index in [1.54, 1.807) is 5.57 Å². The Bertz CT molecular complexity index is 898. The van der Waals surface area contributed by atoms with Crippen LogP contribution in [0.5, 0.6) is 0 Å². The van der Waals surface area contributed by atoms with Gasteiger partial charge in [-0.2, -0.15) is 0 Å². The number of benzene rings is 3. The van der Waals surface area contributed by atoms with Gasteiger partial charge in [0.25, 0.3) is 0 Å². The summed E-state index contributed by atoms with van der Waals surface area (Å²) in [5.41, 5.74) is 4.71. The summed E-state index contributed by atoms with van der Waals surface area (Å²) in [7, 11) is 0. The lowest BCUT2D eigenvalue weighted by Gasteiger charge is -2.32. The normalized spacial score (nSPS) is 25.7. The highest BCUT2D eigenvalue weighted by atomic mass is 14.5. The fourth-order valence-electron chi connectivity index (χ4n) is 4.89. The molecule has 23 heavy (non-hydrogen) atoms. The summed E-state index contributed by atoms with van der Waals surface area (Å²) >= 11 is 0. The topological polar surface area (TPSA) is 0 Å². The first-order valence-electron chi connectivity index (χ1n) is 8.63. The maximum Gasteiger partial charge on any atom is 0.0217 e. The van der Waals surface area contributed by atoms with Crippen LogP contribution in [0.3, 0.4) is 0 Å². The lowest BCUT2D eigenvalue weighted by Crippen LogP contribution is -2.23. The molecule has 3 aromatic carbocycles. The molecule has 0 heteroatoms. The third-order valence-electron chi connectivity index (χ3n) is 5.86. The molecule has 5 rings (SSSR count). The summed E-state index contributed by atoms with van der Waals surface area (Å²) in [5, 5.41) is 2.79. The maximum absolute atomic E-state index is 2.56. The van der Waals surface area contributed by atoms with E-state index in [1.807, 2.05) is 0 Å². The predicted molar refractivity (Wildman–Crippen MR) is 97.4 cm³/mol. The van der Waals surface area contributed by atoms with Crippen LogP contribution >= 0.6 is 0 Å². The summed E-state index contributed by atoms with van der Waals surface area (Å²) < 4.78 is 0. The van der Waals surface area contributed by atoms with Crippen LogP contribution in [0, 0.1) is 5.92 Å². The zero-order valence-corrected chi connectivity index (χ0v) is 13.2. The van der Waals surface area contributed by atoms with Gasteiger partial charge in [-0.1, -0.05) is 78.9 Å². The standard InChI is InChI=1S/C23H20/c1-2-8-19(9-3-1)22-15-17-13-14-23(22,16-17)21-12-6-10-18-7-4-5-11-20(18)21/h1-12,15,17H,13-14,16H2. The zero-order chi connectivity index (χ0) is 15.3. The van der Waals surface area contributed by atoms with Gasteiger partial charge in [0.2, 0.25) is 0 Å². The van der Waals surface area contributed by atoms with Crippen molar-refractivity contribution in [2.45, 2.75) is 24.7 Å². The van der Waals surface area contributed by atoms with E-state index in [9.17, 15) is 0 Å². The molecule has 2 aliphatic carbocycles. The molecule has 0 amide bonds. The molecule has 0 nitrogen and oxygen atoms in total. The third-order valence-corrected chi connectivity index (χ3v) is 5.86. The van der Waals surface area contributed by atoms with Crippen molar-refractivity contribution < 1.29 is 0 Å². The molecule has 0 N–H and O–H groups in total. The number of hydrogen-bond donors (Lipinski definition) is 0. The van der Waals surface area contributed by atoms with Crippen molar-refractivity contribution in [3.05, 3.63) is 90.0 Å². The molecule has 0 saturated heterocycles. The molecule has 2 aliphatic rings. The molecule has 2 unspecified atom stereocenters.